The molecule has 1 heterocycles. The third kappa shape index (κ3) is 7.98. The topological polar surface area (TPSA) is 94.2 Å². The van der Waals surface area contributed by atoms with E-state index in [9.17, 15) is 14.4 Å². The Bertz CT molecular complexity index is 775. The number of carbonyl (C=O) groups excluding carboxylic acids is 3. The first kappa shape index (κ1) is 23.6. The van der Waals surface area contributed by atoms with Crippen molar-refractivity contribution in [2.24, 2.45) is 0 Å². The second-order valence-electron chi connectivity index (χ2n) is 7.59. The average molecular weight is 437 g/mol. The van der Waals surface area contributed by atoms with Gasteiger partial charge in [-0.05, 0) is 32.4 Å². The van der Waals surface area contributed by atoms with Gasteiger partial charge in [0.05, 0.1) is 7.11 Å². The number of nitrogens with zero attached hydrogens (tertiary/aromatic N) is 1. The number of nitrogens with one attached hydrogen (secondary N) is 1. The summed E-state index contributed by atoms with van der Waals surface area (Å²) in [5, 5.41) is 2.23. The van der Waals surface area contributed by atoms with Gasteiger partial charge in [-0.3, -0.25) is 5.32 Å². The summed E-state index contributed by atoms with van der Waals surface area (Å²) in [4.78, 5) is 38.2. The number of hydrogen-bond donors (Lipinski definition) is 1. The van der Waals surface area contributed by atoms with Crippen LogP contribution in [0, 0.1) is 0 Å². The number of carbonyl (C=O) groups is 3. The van der Waals surface area contributed by atoms with Crippen molar-refractivity contribution in [3.8, 4) is 0 Å². The maximum absolute atomic E-state index is 12.3. The molecule has 0 bridgehead atoms. The minimum atomic E-state index is -0.764. The van der Waals surface area contributed by atoms with Crippen LogP contribution in [0.25, 0.3) is 0 Å². The van der Waals surface area contributed by atoms with Crippen molar-refractivity contribution in [1.82, 2.24) is 10.2 Å². The highest BCUT2D eigenvalue weighted by Crippen LogP contribution is 2.22. The average Bonchev–Trinajstić information content (AvgIpc) is 2.71. The molecule has 1 N–H and O–H groups in total. The summed E-state index contributed by atoms with van der Waals surface area (Å²) >= 11 is 1.57. The zero-order valence-corrected chi connectivity index (χ0v) is 18.5. The summed E-state index contributed by atoms with van der Waals surface area (Å²) < 4.78 is 15.3. The van der Waals surface area contributed by atoms with Crippen molar-refractivity contribution in [3.63, 3.8) is 0 Å². The van der Waals surface area contributed by atoms with Gasteiger partial charge in [-0.15, -0.1) is 0 Å². The van der Waals surface area contributed by atoms with Gasteiger partial charge in [-0.2, -0.15) is 11.8 Å². The highest BCUT2D eigenvalue weighted by atomic mass is 32.2. The first-order valence-corrected chi connectivity index (χ1v) is 10.6. The molecule has 2 amide bonds. The smallest absolute Gasteiger partial charge is 0.412 e. The Morgan fingerprint density at radius 1 is 1.23 bits per heavy atom. The molecule has 0 aliphatic carbocycles. The fraction of sp³-hybridized carbons (Fsp3) is 0.476. The van der Waals surface area contributed by atoms with Gasteiger partial charge in [-0.25, -0.2) is 14.4 Å². The van der Waals surface area contributed by atoms with Crippen LogP contribution in [0.4, 0.5) is 9.59 Å². The molecule has 9 heteroatoms. The summed E-state index contributed by atoms with van der Waals surface area (Å²) in [6.45, 7) is 6.39. The van der Waals surface area contributed by atoms with Crippen molar-refractivity contribution < 1.29 is 28.6 Å². The quantitative estimate of drug-likeness (QED) is 0.430. The number of rotatable bonds is 5. The number of alkyl carbamates (subject to hydrolysis) is 1. The fourth-order valence-corrected chi connectivity index (χ4v) is 3.74. The molecular formula is C21H28N2O6S. The van der Waals surface area contributed by atoms with Crippen LogP contribution in [0.3, 0.4) is 0 Å². The Hall–Kier alpha value is -2.68. The van der Waals surface area contributed by atoms with E-state index in [2.05, 4.69) is 5.32 Å². The molecule has 30 heavy (non-hydrogen) atoms. The number of hydrogen-bond acceptors (Lipinski definition) is 7. The fourth-order valence-electron chi connectivity index (χ4n) is 2.59. The van der Waals surface area contributed by atoms with E-state index in [1.54, 1.807) is 43.5 Å². The Balaban J connectivity index is 2.00. The molecular weight excluding hydrogens is 408 g/mol. The SMILES string of the molecule is COC(=O)C(=CC1CN(C(=O)OC(C)(C)C)CCS1)NC(=O)OCc1ccccc1. The second-order valence-corrected chi connectivity index (χ2v) is 8.94. The van der Waals surface area contributed by atoms with Crippen LogP contribution in [0.5, 0.6) is 0 Å². The summed E-state index contributed by atoms with van der Waals surface area (Å²) in [7, 11) is 1.23. The van der Waals surface area contributed by atoms with Crippen LogP contribution in [0.1, 0.15) is 26.3 Å². The lowest BCUT2D eigenvalue weighted by Crippen LogP contribution is -2.44. The first-order chi connectivity index (χ1) is 14.2. The molecule has 0 aromatic heterocycles. The molecule has 0 radical (unpaired) electrons. The lowest BCUT2D eigenvalue weighted by Gasteiger charge is -2.33. The van der Waals surface area contributed by atoms with E-state index in [1.807, 2.05) is 30.3 Å². The number of ether oxygens (including phenoxy) is 3. The third-order valence-electron chi connectivity index (χ3n) is 3.95. The van der Waals surface area contributed by atoms with E-state index in [0.717, 1.165) is 5.56 Å². The normalized spacial score (nSPS) is 17.1. The van der Waals surface area contributed by atoms with Crippen LogP contribution >= 0.6 is 11.8 Å². The minimum Gasteiger partial charge on any atom is -0.464 e. The standard InChI is InChI=1S/C21H28N2O6S/c1-21(2,3)29-20(26)23-10-11-30-16(13-23)12-17(18(24)27-4)22-19(25)28-14-15-8-6-5-7-9-15/h5-9,12,16H,10-11,13-14H2,1-4H3,(H,22,25). The van der Waals surface area contributed by atoms with Crippen LogP contribution in [0.2, 0.25) is 0 Å². The van der Waals surface area contributed by atoms with E-state index < -0.39 is 23.8 Å². The first-order valence-electron chi connectivity index (χ1n) is 9.55. The van der Waals surface area contributed by atoms with Gasteiger partial charge >= 0.3 is 18.2 Å². The van der Waals surface area contributed by atoms with Crippen LogP contribution in [-0.2, 0) is 25.6 Å². The van der Waals surface area contributed by atoms with Crippen molar-refractivity contribution in [1.29, 1.82) is 0 Å². The summed E-state index contributed by atoms with van der Waals surface area (Å²) in [6, 6.07) is 9.20. The lowest BCUT2D eigenvalue weighted by molar-refractivity contribution is -0.136. The molecule has 1 aromatic rings. The maximum atomic E-state index is 12.3. The molecule has 1 unspecified atom stereocenters. The van der Waals surface area contributed by atoms with Crippen LogP contribution < -0.4 is 5.32 Å². The van der Waals surface area contributed by atoms with Crippen molar-refractivity contribution in [2.75, 3.05) is 26.0 Å². The molecule has 2 rings (SSSR count). The molecule has 1 aromatic carbocycles. The number of thioether (sulfide) groups is 1. The number of esters is 1. The molecule has 1 fully saturated rings. The van der Waals surface area contributed by atoms with Crippen molar-refractivity contribution in [3.05, 3.63) is 47.7 Å². The number of benzene rings is 1. The molecule has 164 valence electrons. The molecule has 8 nitrogen and oxygen atoms in total. The zero-order chi connectivity index (χ0) is 22.1. The highest BCUT2D eigenvalue weighted by molar-refractivity contribution is 8.00. The van der Waals surface area contributed by atoms with E-state index in [-0.39, 0.29) is 17.6 Å². The van der Waals surface area contributed by atoms with Crippen LogP contribution in [0.15, 0.2) is 42.1 Å². The molecule has 1 atom stereocenters. The molecule has 0 saturated carbocycles. The van der Waals surface area contributed by atoms with Gasteiger partial charge in [0.25, 0.3) is 0 Å². The Morgan fingerprint density at radius 2 is 1.93 bits per heavy atom. The predicted octanol–water partition coefficient (Wildman–Crippen LogP) is 3.32. The summed E-state index contributed by atoms with van der Waals surface area (Å²) in [5.41, 5.74) is 0.208. The Morgan fingerprint density at radius 3 is 2.57 bits per heavy atom. The number of amides is 2. The van der Waals surface area contributed by atoms with Crippen molar-refractivity contribution >= 4 is 29.9 Å². The third-order valence-corrected chi connectivity index (χ3v) is 5.08. The van der Waals surface area contributed by atoms with Gasteiger partial charge in [0, 0.05) is 24.1 Å². The second kappa shape index (κ2) is 10.9. The zero-order valence-electron chi connectivity index (χ0n) is 17.7. The van der Waals surface area contributed by atoms with Gasteiger partial charge in [-0.1, -0.05) is 30.3 Å². The van der Waals surface area contributed by atoms with Gasteiger partial charge in [0.2, 0.25) is 0 Å². The molecule has 1 aliphatic heterocycles. The predicted molar refractivity (Wildman–Crippen MR) is 114 cm³/mol. The summed E-state index contributed by atoms with van der Waals surface area (Å²) in [5.74, 6) is -0.0190. The molecule has 1 saturated heterocycles. The van der Waals surface area contributed by atoms with Gasteiger partial charge in [0.15, 0.2) is 0 Å². The van der Waals surface area contributed by atoms with E-state index >= 15 is 0 Å². The van der Waals surface area contributed by atoms with Gasteiger partial charge in [0.1, 0.15) is 17.9 Å². The van der Waals surface area contributed by atoms with Gasteiger partial charge < -0.3 is 19.1 Å². The molecule has 1 aliphatic rings. The number of methoxy groups -OCH3 is 1. The van der Waals surface area contributed by atoms with E-state index in [4.69, 9.17) is 14.2 Å². The van der Waals surface area contributed by atoms with E-state index in [1.165, 1.54) is 7.11 Å². The lowest BCUT2D eigenvalue weighted by atomic mass is 10.2. The minimum absolute atomic E-state index is 0.0286. The Labute approximate surface area is 180 Å². The monoisotopic (exact) mass is 436 g/mol. The van der Waals surface area contributed by atoms with Crippen LogP contribution in [-0.4, -0.2) is 59.9 Å². The van der Waals surface area contributed by atoms with Crippen molar-refractivity contribution in [2.45, 2.75) is 38.2 Å². The molecule has 0 spiro atoms. The maximum Gasteiger partial charge on any atom is 0.412 e. The largest absolute Gasteiger partial charge is 0.464 e. The highest BCUT2D eigenvalue weighted by Gasteiger charge is 2.28. The summed E-state index contributed by atoms with van der Waals surface area (Å²) in [6.07, 6.45) is 0.410. The Kier molecular flexibility index (Phi) is 8.58. The van der Waals surface area contributed by atoms with E-state index in [0.29, 0.717) is 18.8 Å².